The van der Waals surface area contributed by atoms with Crippen molar-refractivity contribution in [2.24, 2.45) is 7.05 Å². The first kappa shape index (κ1) is 14.5. The fraction of sp³-hybridized carbons (Fsp3) is 0.556. The van der Waals surface area contributed by atoms with Gasteiger partial charge in [0.25, 0.3) is 0 Å². The third-order valence-electron chi connectivity index (χ3n) is 2.20. The topological polar surface area (TPSA) is 96.4 Å². The van der Waals surface area contributed by atoms with Crippen molar-refractivity contribution in [2.75, 3.05) is 19.0 Å². The number of hydrogen-bond acceptors (Lipinski definition) is 6. The van der Waals surface area contributed by atoms with E-state index in [0.717, 1.165) is 15.3 Å². The molecule has 0 saturated carbocycles. The van der Waals surface area contributed by atoms with Crippen LogP contribution in [0.5, 0.6) is 0 Å². The first-order valence-electron chi connectivity index (χ1n) is 5.12. The maximum atomic E-state index is 11.7. The van der Waals surface area contributed by atoms with Crippen molar-refractivity contribution >= 4 is 18.3 Å². The Balaban J connectivity index is 3.06. The van der Waals surface area contributed by atoms with E-state index < -0.39 is 21.9 Å². The number of rotatable bonds is 6. The molecular formula is C9H13N3O5S. The van der Waals surface area contributed by atoms with Crippen LogP contribution in [0.1, 0.15) is 0 Å². The fourth-order valence-corrected chi connectivity index (χ4v) is 1.48. The highest BCUT2D eigenvalue weighted by Gasteiger charge is 2.18. The van der Waals surface area contributed by atoms with Crippen LogP contribution in [-0.4, -0.2) is 33.0 Å². The number of aromatic nitrogens is 2. The van der Waals surface area contributed by atoms with Crippen LogP contribution in [0, 0.1) is 10.1 Å². The zero-order chi connectivity index (χ0) is 13.7. The summed E-state index contributed by atoms with van der Waals surface area (Å²) in [6.07, 6.45) is 0.912. The molecule has 0 spiro atoms. The molecule has 0 amide bonds. The zero-order valence-electron chi connectivity index (χ0n) is 9.74. The molecule has 1 aromatic rings. The molecule has 0 radical (unpaired) electrons. The minimum atomic E-state index is -0.919. The molecule has 8 nitrogen and oxygen atoms in total. The number of nitro groups is 1. The second-order valence-corrected chi connectivity index (χ2v) is 3.90. The predicted octanol–water partition coefficient (Wildman–Crippen LogP) is -0.598. The van der Waals surface area contributed by atoms with Crippen LogP contribution in [0.3, 0.4) is 0 Å². The molecule has 0 fully saturated rings. The number of hydrogen-bond donors (Lipinski definition) is 1. The lowest BCUT2D eigenvalue weighted by Crippen LogP contribution is -2.40. The summed E-state index contributed by atoms with van der Waals surface area (Å²) in [5, 5.41) is 10.6. The number of thiol groups is 1. The van der Waals surface area contributed by atoms with Gasteiger partial charge in [0.15, 0.2) is 0 Å². The van der Waals surface area contributed by atoms with E-state index >= 15 is 0 Å². The summed E-state index contributed by atoms with van der Waals surface area (Å²) in [4.78, 5) is 33.2. The van der Waals surface area contributed by atoms with Gasteiger partial charge in [-0.25, -0.2) is 4.79 Å². The molecule has 0 aliphatic carbocycles. The third-order valence-corrected chi connectivity index (χ3v) is 2.39. The standard InChI is InChI=1S/C9H13N3O5S/c1-10-6-7(12(15)16)8(13)11(9(10)14)2-3-17-4-5-18/h6,18H,2-5H2,1H3. The van der Waals surface area contributed by atoms with E-state index in [0.29, 0.717) is 12.4 Å². The molecule has 0 aliphatic heterocycles. The van der Waals surface area contributed by atoms with Gasteiger partial charge in [-0.2, -0.15) is 12.6 Å². The summed E-state index contributed by atoms with van der Waals surface area (Å²) < 4.78 is 6.87. The van der Waals surface area contributed by atoms with Crippen LogP contribution in [0.15, 0.2) is 15.8 Å². The molecule has 100 valence electrons. The van der Waals surface area contributed by atoms with Crippen LogP contribution in [0.2, 0.25) is 0 Å². The summed E-state index contributed by atoms with van der Waals surface area (Å²) >= 11 is 3.93. The van der Waals surface area contributed by atoms with Crippen molar-refractivity contribution in [3.8, 4) is 0 Å². The van der Waals surface area contributed by atoms with E-state index in [4.69, 9.17) is 4.74 Å². The van der Waals surface area contributed by atoms with Crippen LogP contribution < -0.4 is 11.2 Å². The van der Waals surface area contributed by atoms with Crippen molar-refractivity contribution in [3.63, 3.8) is 0 Å². The van der Waals surface area contributed by atoms with Gasteiger partial charge in [-0.05, 0) is 0 Å². The molecule has 0 aliphatic rings. The summed E-state index contributed by atoms with van der Waals surface area (Å²) in [5.41, 5.74) is -2.16. The van der Waals surface area contributed by atoms with Crippen molar-refractivity contribution in [2.45, 2.75) is 6.54 Å². The lowest BCUT2D eigenvalue weighted by molar-refractivity contribution is -0.387. The Morgan fingerprint density at radius 1 is 1.44 bits per heavy atom. The SMILES string of the molecule is Cn1cc([N+](=O)[O-])c(=O)n(CCOCCS)c1=O. The maximum absolute atomic E-state index is 11.7. The van der Waals surface area contributed by atoms with E-state index in [1.807, 2.05) is 0 Å². The van der Waals surface area contributed by atoms with Gasteiger partial charge >= 0.3 is 16.9 Å². The van der Waals surface area contributed by atoms with E-state index in [9.17, 15) is 19.7 Å². The summed E-state index contributed by atoms with van der Waals surface area (Å²) in [6, 6.07) is 0. The largest absolute Gasteiger partial charge is 0.379 e. The van der Waals surface area contributed by atoms with Crippen LogP contribution in [-0.2, 0) is 18.3 Å². The Morgan fingerprint density at radius 3 is 2.67 bits per heavy atom. The normalized spacial score (nSPS) is 10.6. The van der Waals surface area contributed by atoms with E-state index in [-0.39, 0.29) is 13.2 Å². The van der Waals surface area contributed by atoms with Gasteiger partial charge in [0, 0.05) is 12.8 Å². The monoisotopic (exact) mass is 275 g/mol. The van der Waals surface area contributed by atoms with Crippen molar-refractivity contribution in [1.82, 2.24) is 9.13 Å². The Morgan fingerprint density at radius 2 is 2.11 bits per heavy atom. The highest BCUT2D eigenvalue weighted by Crippen LogP contribution is 1.98. The van der Waals surface area contributed by atoms with Crippen LogP contribution in [0.4, 0.5) is 5.69 Å². The number of ether oxygens (including phenoxy) is 1. The molecule has 1 heterocycles. The minimum absolute atomic E-state index is 0.0268. The molecule has 0 unspecified atom stereocenters. The van der Waals surface area contributed by atoms with Crippen molar-refractivity contribution < 1.29 is 9.66 Å². The molecule has 0 saturated heterocycles. The molecule has 0 atom stereocenters. The molecule has 0 N–H and O–H groups in total. The number of nitrogens with zero attached hydrogens (tertiary/aromatic N) is 3. The second kappa shape index (κ2) is 6.36. The Labute approximate surface area is 107 Å². The lowest BCUT2D eigenvalue weighted by Gasteiger charge is -2.07. The van der Waals surface area contributed by atoms with Gasteiger partial charge < -0.3 is 4.74 Å². The number of aryl methyl sites for hydroxylation is 1. The predicted molar refractivity (Wildman–Crippen MR) is 67.3 cm³/mol. The van der Waals surface area contributed by atoms with Gasteiger partial charge in [-0.3, -0.25) is 24.0 Å². The molecule has 0 aromatic carbocycles. The lowest BCUT2D eigenvalue weighted by atomic mass is 10.5. The quantitative estimate of drug-likeness (QED) is 0.324. The summed E-state index contributed by atoms with van der Waals surface area (Å²) in [6.45, 7) is 0.477. The average Bonchev–Trinajstić information content (AvgIpc) is 2.32. The van der Waals surface area contributed by atoms with Gasteiger partial charge in [0.1, 0.15) is 0 Å². The third kappa shape index (κ3) is 3.20. The smallest absolute Gasteiger partial charge is 0.350 e. The van der Waals surface area contributed by atoms with Gasteiger partial charge in [0.05, 0.1) is 30.9 Å². The zero-order valence-corrected chi connectivity index (χ0v) is 10.6. The van der Waals surface area contributed by atoms with Crippen LogP contribution in [0.25, 0.3) is 0 Å². The van der Waals surface area contributed by atoms with Crippen LogP contribution >= 0.6 is 12.6 Å². The first-order chi connectivity index (χ1) is 8.49. The highest BCUT2D eigenvalue weighted by atomic mass is 32.1. The van der Waals surface area contributed by atoms with Gasteiger partial charge in [0.2, 0.25) is 0 Å². The molecule has 1 aromatic heterocycles. The molecular weight excluding hydrogens is 262 g/mol. The Kier molecular flexibility index (Phi) is 5.10. The molecule has 9 heteroatoms. The van der Waals surface area contributed by atoms with Gasteiger partial charge in [-0.15, -0.1) is 0 Å². The first-order valence-corrected chi connectivity index (χ1v) is 5.75. The van der Waals surface area contributed by atoms with Gasteiger partial charge in [-0.1, -0.05) is 0 Å². The fourth-order valence-electron chi connectivity index (χ4n) is 1.35. The highest BCUT2D eigenvalue weighted by molar-refractivity contribution is 7.80. The molecule has 18 heavy (non-hydrogen) atoms. The summed E-state index contributed by atoms with van der Waals surface area (Å²) in [7, 11) is 1.35. The average molecular weight is 275 g/mol. The summed E-state index contributed by atoms with van der Waals surface area (Å²) in [5.74, 6) is 0.516. The van der Waals surface area contributed by atoms with E-state index in [1.165, 1.54) is 7.05 Å². The Bertz CT molecular complexity index is 550. The Hall–Kier alpha value is -1.61. The maximum Gasteiger partial charge on any atom is 0.350 e. The molecule has 1 rings (SSSR count). The van der Waals surface area contributed by atoms with E-state index in [1.54, 1.807) is 0 Å². The van der Waals surface area contributed by atoms with Crippen molar-refractivity contribution in [3.05, 3.63) is 37.1 Å². The minimum Gasteiger partial charge on any atom is -0.379 e. The second-order valence-electron chi connectivity index (χ2n) is 3.46. The van der Waals surface area contributed by atoms with Crippen molar-refractivity contribution in [1.29, 1.82) is 0 Å². The van der Waals surface area contributed by atoms with E-state index in [2.05, 4.69) is 12.6 Å². The molecule has 0 bridgehead atoms.